The van der Waals surface area contributed by atoms with E-state index in [1.54, 1.807) is 4.90 Å². The molecule has 2 saturated heterocycles. The van der Waals surface area contributed by atoms with Gasteiger partial charge in [-0.2, -0.15) is 0 Å². The van der Waals surface area contributed by atoms with Gasteiger partial charge in [-0.15, -0.1) is 0 Å². The Balaban J connectivity index is 1.48. The highest BCUT2D eigenvalue weighted by Crippen LogP contribution is 2.21. The summed E-state index contributed by atoms with van der Waals surface area (Å²) >= 11 is 5.87. The molecule has 1 aromatic carbocycles. The van der Waals surface area contributed by atoms with Crippen LogP contribution in [0.2, 0.25) is 5.02 Å². The number of rotatable bonds is 5. The number of amides is 2. The van der Waals surface area contributed by atoms with E-state index >= 15 is 0 Å². The molecule has 2 aliphatic rings. The summed E-state index contributed by atoms with van der Waals surface area (Å²) < 4.78 is 13.0. The third-order valence-electron chi connectivity index (χ3n) is 4.69. The quantitative estimate of drug-likeness (QED) is 0.879. The van der Waals surface area contributed by atoms with Crippen LogP contribution in [0, 0.1) is 5.82 Å². The van der Waals surface area contributed by atoms with Crippen molar-refractivity contribution in [2.24, 2.45) is 0 Å². The number of hydrogen-bond acceptors (Lipinski definition) is 3. The van der Waals surface area contributed by atoms with Gasteiger partial charge in [0.25, 0.3) is 5.91 Å². The smallest absolute Gasteiger partial charge is 0.252 e. The third kappa shape index (κ3) is 3.70. The normalized spacial score (nSPS) is 21.5. The fourth-order valence-electron chi connectivity index (χ4n) is 3.41. The summed E-state index contributed by atoms with van der Waals surface area (Å²) in [4.78, 5) is 28.6. The molecule has 0 aromatic heterocycles. The predicted octanol–water partition coefficient (Wildman–Crippen LogP) is 1.91. The molecule has 1 unspecified atom stereocenters. The molecule has 130 valence electrons. The van der Waals surface area contributed by atoms with Crippen LogP contribution >= 0.6 is 11.6 Å². The number of hydrogen-bond donors (Lipinski definition) is 1. The van der Waals surface area contributed by atoms with Crippen molar-refractivity contribution in [2.75, 3.05) is 32.7 Å². The third-order valence-corrected chi connectivity index (χ3v) is 5.01. The molecule has 0 saturated carbocycles. The van der Waals surface area contributed by atoms with Gasteiger partial charge >= 0.3 is 0 Å². The van der Waals surface area contributed by atoms with Gasteiger partial charge in [0.2, 0.25) is 5.91 Å². The van der Waals surface area contributed by atoms with E-state index in [0.29, 0.717) is 13.1 Å². The molecule has 2 fully saturated rings. The zero-order valence-corrected chi connectivity index (χ0v) is 14.2. The Morgan fingerprint density at radius 1 is 1.29 bits per heavy atom. The average Bonchev–Trinajstić information content (AvgIpc) is 3.17. The topological polar surface area (TPSA) is 52.7 Å². The van der Waals surface area contributed by atoms with E-state index in [4.69, 9.17) is 11.6 Å². The van der Waals surface area contributed by atoms with E-state index in [1.165, 1.54) is 12.1 Å². The molecule has 0 bridgehead atoms. The van der Waals surface area contributed by atoms with Crippen molar-refractivity contribution < 1.29 is 14.0 Å². The van der Waals surface area contributed by atoms with Crippen LogP contribution in [0.4, 0.5) is 4.39 Å². The molecule has 0 aliphatic carbocycles. The van der Waals surface area contributed by atoms with Crippen LogP contribution < -0.4 is 5.32 Å². The number of carbonyl (C=O) groups is 2. The Hall–Kier alpha value is -1.66. The highest BCUT2D eigenvalue weighted by Gasteiger charge is 2.36. The summed E-state index contributed by atoms with van der Waals surface area (Å²) in [7, 11) is 0. The Bertz CT molecular complexity index is 634. The molecule has 2 aliphatic heterocycles. The highest BCUT2D eigenvalue weighted by atomic mass is 35.5. The first-order chi connectivity index (χ1) is 11.6. The Morgan fingerprint density at radius 2 is 2.04 bits per heavy atom. The number of likely N-dealkylation sites (tertiary alicyclic amines) is 2. The maximum absolute atomic E-state index is 13.0. The second-order valence-corrected chi connectivity index (χ2v) is 6.66. The number of benzene rings is 1. The fourth-order valence-corrected chi connectivity index (χ4v) is 3.66. The molecule has 1 atom stereocenters. The van der Waals surface area contributed by atoms with Crippen molar-refractivity contribution >= 4 is 23.4 Å². The van der Waals surface area contributed by atoms with Crippen LogP contribution in [0.5, 0.6) is 0 Å². The summed E-state index contributed by atoms with van der Waals surface area (Å²) in [6.45, 7) is 3.57. The lowest BCUT2D eigenvalue weighted by atomic mass is 10.2. The van der Waals surface area contributed by atoms with Gasteiger partial charge < -0.3 is 10.2 Å². The SMILES string of the molecule is O=C(NCCN1CCC(N2CCCC2)C1=O)c1ccc(F)cc1Cl. The Morgan fingerprint density at radius 3 is 2.75 bits per heavy atom. The number of nitrogens with one attached hydrogen (secondary N) is 1. The Kier molecular flexibility index (Phi) is 5.36. The van der Waals surface area contributed by atoms with Crippen molar-refractivity contribution in [1.82, 2.24) is 15.1 Å². The molecule has 2 heterocycles. The highest BCUT2D eigenvalue weighted by molar-refractivity contribution is 6.33. The first-order valence-corrected chi connectivity index (χ1v) is 8.70. The molecule has 24 heavy (non-hydrogen) atoms. The molecular weight excluding hydrogens is 333 g/mol. The van der Waals surface area contributed by atoms with Gasteiger partial charge in [-0.1, -0.05) is 11.6 Å². The van der Waals surface area contributed by atoms with E-state index in [2.05, 4.69) is 10.2 Å². The molecule has 3 rings (SSSR count). The van der Waals surface area contributed by atoms with Gasteiger partial charge in [-0.05, 0) is 50.6 Å². The molecular formula is C17H21ClFN3O2. The summed E-state index contributed by atoms with van der Waals surface area (Å²) in [5, 5.41) is 2.82. The fraction of sp³-hybridized carbons (Fsp3) is 0.529. The zero-order valence-electron chi connectivity index (χ0n) is 13.4. The number of carbonyl (C=O) groups excluding carboxylic acids is 2. The van der Waals surface area contributed by atoms with Crippen LogP contribution in [0.1, 0.15) is 29.6 Å². The monoisotopic (exact) mass is 353 g/mol. The predicted molar refractivity (Wildman–Crippen MR) is 89.5 cm³/mol. The molecule has 1 aromatic rings. The van der Waals surface area contributed by atoms with Crippen LogP contribution in [0.3, 0.4) is 0 Å². The van der Waals surface area contributed by atoms with E-state index in [1.807, 2.05) is 0 Å². The minimum atomic E-state index is -0.479. The van der Waals surface area contributed by atoms with Gasteiger partial charge in [0.15, 0.2) is 0 Å². The molecule has 1 N–H and O–H groups in total. The van der Waals surface area contributed by atoms with Gasteiger partial charge in [0.05, 0.1) is 16.6 Å². The van der Waals surface area contributed by atoms with Crippen molar-refractivity contribution in [3.8, 4) is 0 Å². The van der Waals surface area contributed by atoms with Gasteiger partial charge in [0.1, 0.15) is 5.82 Å². The van der Waals surface area contributed by atoms with Crippen LogP contribution in [0.25, 0.3) is 0 Å². The van der Waals surface area contributed by atoms with E-state index < -0.39 is 5.82 Å². The van der Waals surface area contributed by atoms with Crippen LogP contribution in [-0.2, 0) is 4.79 Å². The standard InChI is InChI=1S/C17H21ClFN3O2/c18-14-11-12(19)3-4-13(14)16(23)20-6-10-22-9-5-15(17(22)24)21-7-1-2-8-21/h3-4,11,15H,1-2,5-10H2,(H,20,23). The first kappa shape index (κ1) is 17.2. The lowest BCUT2D eigenvalue weighted by molar-refractivity contribution is -0.131. The minimum Gasteiger partial charge on any atom is -0.350 e. The van der Waals surface area contributed by atoms with E-state index in [-0.39, 0.29) is 28.4 Å². The minimum absolute atomic E-state index is 0.00902. The second kappa shape index (κ2) is 7.49. The van der Waals surface area contributed by atoms with E-state index in [0.717, 1.165) is 45.0 Å². The van der Waals surface area contributed by atoms with Gasteiger partial charge in [-0.25, -0.2) is 4.39 Å². The largest absolute Gasteiger partial charge is 0.350 e. The van der Waals surface area contributed by atoms with Crippen molar-refractivity contribution in [1.29, 1.82) is 0 Å². The lowest BCUT2D eigenvalue weighted by Crippen LogP contribution is -2.42. The van der Waals surface area contributed by atoms with Crippen LogP contribution in [0.15, 0.2) is 18.2 Å². The van der Waals surface area contributed by atoms with Crippen molar-refractivity contribution in [2.45, 2.75) is 25.3 Å². The molecule has 7 heteroatoms. The lowest BCUT2D eigenvalue weighted by Gasteiger charge is -2.22. The zero-order chi connectivity index (χ0) is 17.1. The maximum atomic E-state index is 13.0. The average molecular weight is 354 g/mol. The summed E-state index contributed by atoms with van der Waals surface area (Å²) in [6.07, 6.45) is 3.19. The molecule has 5 nitrogen and oxygen atoms in total. The number of nitrogens with zero attached hydrogens (tertiary/aromatic N) is 2. The summed E-state index contributed by atoms with van der Waals surface area (Å²) in [6, 6.07) is 3.68. The van der Waals surface area contributed by atoms with Crippen LogP contribution in [-0.4, -0.2) is 60.4 Å². The number of halogens is 2. The first-order valence-electron chi connectivity index (χ1n) is 8.32. The van der Waals surface area contributed by atoms with Gasteiger partial charge in [0, 0.05) is 19.6 Å². The van der Waals surface area contributed by atoms with Gasteiger partial charge in [-0.3, -0.25) is 14.5 Å². The second-order valence-electron chi connectivity index (χ2n) is 6.25. The summed E-state index contributed by atoms with van der Waals surface area (Å²) in [5.41, 5.74) is 0.237. The summed E-state index contributed by atoms with van der Waals surface area (Å²) in [5.74, 6) is -0.680. The maximum Gasteiger partial charge on any atom is 0.252 e. The molecule has 0 radical (unpaired) electrons. The van der Waals surface area contributed by atoms with E-state index in [9.17, 15) is 14.0 Å². The Labute approximate surface area is 145 Å². The molecule has 2 amide bonds. The molecule has 0 spiro atoms. The van der Waals surface area contributed by atoms with Crippen molar-refractivity contribution in [3.05, 3.63) is 34.6 Å². The van der Waals surface area contributed by atoms with Crippen molar-refractivity contribution in [3.63, 3.8) is 0 Å².